The summed E-state index contributed by atoms with van der Waals surface area (Å²) in [4.78, 5) is 15.7. The van der Waals surface area contributed by atoms with Crippen LogP contribution in [0.5, 0.6) is 0 Å². The molecule has 0 saturated carbocycles. The Kier molecular flexibility index (Phi) is 6.88. The van der Waals surface area contributed by atoms with Gasteiger partial charge in [0.05, 0.1) is 10.6 Å². The van der Waals surface area contributed by atoms with Crippen molar-refractivity contribution >= 4 is 38.6 Å². The maximum absolute atomic E-state index is 14.5. The Morgan fingerprint density at radius 1 is 1.06 bits per heavy atom. The number of carbonyl (C=O) groups excluding carboxylic acids is 1. The molecule has 0 unspecified atom stereocenters. The second-order valence-corrected chi connectivity index (χ2v) is 10.4. The van der Waals surface area contributed by atoms with Crippen molar-refractivity contribution in [2.24, 2.45) is 0 Å². The quantitative estimate of drug-likeness (QED) is 0.512. The highest BCUT2D eigenvalue weighted by atomic mass is 32.2. The number of thiophene rings is 1. The van der Waals surface area contributed by atoms with Crippen LogP contribution < -0.4 is 14.9 Å². The second kappa shape index (κ2) is 9.81. The Morgan fingerprint density at radius 2 is 1.81 bits per heavy atom. The molecule has 2 aromatic carbocycles. The number of amides is 1. The zero-order valence-electron chi connectivity index (χ0n) is 17.4. The smallest absolute Gasteiger partial charge is 0.255 e. The van der Waals surface area contributed by atoms with Crippen LogP contribution in [-0.4, -0.2) is 34.0 Å². The lowest BCUT2D eigenvalue weighted by Crippen LogP contribution is -2.26. The first-order valence-electron chi connectivity index (χ1n) is 10.4. The van der Waals surface area contributed by atoms with Gasteiger partial charge in [-0.3, -0.25) is 4.79 Å². The summed E-state index contributed by atoms with van der Waals surface area (Å²) >= 11 is 1.58. The summed E-state index contributed by atoms with van der Waals surface area (Å²) < 4.78 is 41.9. The second-order valence-electron chi connectivity index (χ2n) is 7.57. The maximum atomic E-state index is 14.5. The maximum Gasteiger partial charge on any atom is 0.255 e. The first-order chi connectivity index (χ1) is 15.4. The largest absolute Gasteiger partial charge is 0.369 e. The van der Waals surface area contributed by atoms with Gasteiger partial charge in [-0.15, -0.1) is 11.3 Å². The molecule has 1 saturated heterocycles. The number of halogens is 1. The van der Waals surface area contributed by atoms with Crippen molar-refractivity contribution in [3.05, 3.63) is 76.2 Å². The average Bonchev–Trinajstić information content (AvgIpc) is 3.48. The molecular weight excluding hydrogens is 449 g/mol. The first kappa shape index (κ1) is 22.4. The molecule has 4 rings (SSSR count). The fourth-order valence-electron chi connectivity index (χ4n) is 3.63. The highest BCUT2D eigenvalue weighted by Gasteiger charge is 2.18. The van der Waals surface area contributed by atoms with Gasteiger partial charge in [0, 0.05) is 35.8 Å². The molecule has 1 fully saturated rings. The van der Waals surface area contributed by atoms with Crippen LogP contribution >= 0.6 is 11.3 Å². The van der Waals surface area contributed by atoms with E-state index < -0.39 is 15.9 Å². The van der Waals surface area contributed by atoms with Crippen molar-refractivity contribution in [1.29, 1.82) is 0 Å². The number of sulfonamides is 1. The molecule has 32 heavy (non-hydrogen) atoms. The van der Waals surface area contributed by atoms with E-state index in [4.69, 9.17) is 0 Å². The van der Waals surface area contributed by atoms with Gasteiger partial charge < -0.3 is 10.2 Å². The van der Waals surface area contributed by atoms with Crippen LogP contribution in [0.3, 0.4) is 0 Å². The third-order valence-corrected chi connectivity index (χ3v) is 7.74. The Morgan fingerprint density at radius 3 is 2.47 bits per heavy atom. The van der Waals surface area contributed by atoms with Crippen LogP contribution in [0, 0.1) is 5.82 Å². The van der Waals surface area contributed by atoms with E-state index in [1.165, 1.54) is 30.3 Å². The number of carbonyl (C=O) groups is 1. The van der Waals surface area contributed by atoms with Crippen LogP contribution in [-0.2, 0) is 16.4 Å². The molecule has 3 aromatic rings. The van der Waals surface area contributed by atoms with Gasteiger partial charge in [-0.25, -0.2) is 17.5 Å². The zero-order valence-corrected chi connectivity index (χ0v) is 19.0. The third kappa shape index (κ3) is 5.35. The predicted molar refractivity (Wildman–Crippen MR) is 125 cm³/mol. The predicted octanol–water partition coefficient (Wildman–Crippen LogP) is 4.26. The summed E-state index contributed by atoms with van der Waals surface area (Å²) in [6.45, 7) is 1.96. The van der Waals surface area contributed by atoms with Crippen molar-refractivity contribution in [3.8, 4) is 0 Å². The Labute approximate surface area is 191 Å². The average molecular weight is 474 g/mol. The molecule has 0 atom stereocenters. The van der Waals surface area contributed by atoms with Crippen molar-refractivity contribution in [1.82, 2.24) is 4.72 Å². The minimum Gasteiger partial charge on any atom is -0.369 e. The van der Waals surface area contributed by atoms with Crippen molar-refractivity contribution in [3.63, 3.8) is 0 Å². The van der Waals surface area contributed by atoms with Gasteiger partial charge >= 0.3 is 0 Å². The van der Waals surface area contributed by atoms with Gasteiger partial charge in [0.25, 0.3) is 5.91 Å². The van der Waals surface area contributed by atoms with E-state index in [1.807, 2.05) is 22.4 Å². The Hall–Kier alpha value is -2.75. The molecular formula is C23H24FN3O3S2. The van der Waals surface area contributed by atoms with Crippen molar-refractivity contribution < 1.29 is 17.6 Å². The van der Waals surface area contributed by atoms with Crippen LogP contribution in [0.15, 0.2) is 64.9 Å². The SMILES string of the molecule is O=C(Nc1ccc(N2CCCC2)c(F)c1)c1ccc(S(=O)(=O)NCCc2cccs2)cc1. The number of nitrogens with one attached hydrogen (secondary N) is 2. The Balaban J connectivity index is 1.36. The molecule has 9 heteroatoms. The van der Waals surface area contributed by atoms with Gasteiger partial charge in [-0.05, 0) is 73.2 Å². The van der Waals surface area contributed by atoms with Crippen molar-refractivity contribution in [2.45, 2.75) is 24.2 Å². The molecule has 1 amide bonds. The molecule has 0 radical (unpaired) electrons. The van der Waals surface area contributed by atoms with E-state index in [1.54, 1.807) is 23.5 Å². The normalized spacial score (nSPS) is 14.0. The van der Waals surface area contributed by atoms with E-state index in [2.05, 4.69) is 10.0 Å². The minimum atomic E-state index is -3.66. The number of nitrogens with zero attached hydrogens (tertiary/aromatic N) is 1. The molecule has 168 valence electrons. The number of benzene rings is 2. The Bertz CT molecular complexity index is 1170. The lowest BCUT2D eigenvalue weighted by molar-refractivity contribution is 0.102. The lowest BCUT2D eigenvalue weighted by atomic mass is 10.2. The summed E-state index contributed by atoms with van der Waals surface area (Å²) in [6.07, 6.45) is 2.71. The molecule has 1 aromatic heterocycles. The van der Waals surface area contributed by atoms with Crippen LogP contribution in [0.2, 0.25) is 0 Å². The van der Waals surface area contributed by atoms with Gasteiger partial charge in [-0.1, -0.05) is 6.07 Å². The standard InChI is InChI=1S/C23H24FN3O3S2/c24-21-16-18(7-10-22(21)27-13-1-2-14-27)26-23(28)17-5-8-20(9-6-17)32(29,30)25-12-11-19-4-3-15-31-19/h3-10,15-16,25H,1-2,11-14H2,(H,26,28). The zero-order chi connectivity index (χ0) is 22.6. The number of rotatable bonds is 8. The summed E-state index contributed by atoms with van der Waals surface area (Å²) in [5.41, 5.74) is 1.18. The topological polar surface area (TPSA) is 78.5 Å². The molecule has 2 N–H and O–H groups in total. The van der Waals surface area contributed by atoms with Crippen molar-refractivity contribution in [2.75, 3.05) is 29.9 Å². The summed E-state index contributed by atoms with van der Waals surface area (Å²) in [6, 6.07) is 14.2. The highest BCUT2D eigenvalue weighted by molar-refractivity contribution is 7.89. The molecule has 1 aliphatic rings. The summed E-state index contributed by atoms with van der Waals surface area (Å²) in [7, 11) is -3.66. The molecule has 1 aliphatic heterocycles. The first-order valence-corrected chi connectivity index (χ1v) is 12.8. The van der Waals surface area contributed by atoms with E-state index >= 15 is 0 Å². The molecule has 0 aliphatic carbocycles. The van der Waals surface area contributed by atoms with E-state index in [9.17, 15) is 17.6 Å². The number of hydrogen-bond acceptors (Lipinski definition) is 5. The lowest BCUT2D eigenvalue weighted by Gasteiger charge is -2.18. The molecule has 2 heterocycles. The van der Waals surface area contributed by atoms with E-state index in [0.717, 1.165) is 30.8 Å². The highest BCUT2D eigenvalue weighted by Crippen LogP contribution is 2.26. The molecule has 0 bridgehead atoms. The monoisotopic (exact) mass is 473 g/mol. The molecule has 0 spiro atoms. The van der Waals surface area contributed by atoms with E-state index in [-0.39, 0.29) is 16.3 Å². The van der Waals surface area contributed by atoms with Crippen LogP contribution in [0.4, 0.5) is 15.8 Å². The number of hydrogen-bond donors (Lipinski definition) is 2. The molecule has 6 nitrogen and oxygen atoms in total. The summed E-state index contributed by atoms with van der Waals surface area (Å²) in [5, 5.41) is 4.61. The number of anilines is 2. The van der Waals surface area contributed by atoms with Gasteiger partial charge in [0.15, 0.2) is 0 Å². The minimum absolute atomic E-state index is 0.0845. The summed E-state index contributed by atoms with van der Waals surface area (Å²) in [5.74, 6) is -0.812. The van der Waals surface area contributed by atoms with Gasteiger partial charge in [-0.2, -0.15) is 0 Å². The fraction of sp³-hybridized carbons (Fsp3) is 0.261. The van der Waals surface area contributed by atoms with E-state index in [0.29, 0.717) is 24.3 Å². The van der Waals surface area contributed by atoms with Crippen LogP contribution in [0.1, 0.15) is 28.1 Å². The van der Waals surface area contributed by atoms with Gasteiger partial charge in [0.1, 0.15) is 5.82 Å². The third-order valence-electron chi connectivity index (χ3n) is 5.32. The van der Waals surface area contributed by atoms with Gasteiger partial charge in [0.2, 0.25) is 10.0 Å². The van der Waals surface area contributed by atoms with Crippen LogP contribution in [0.25, 0.3) is 0 Å². The fourth-order valence-corrected chi connectivity index (χ4v) is 5.38.